The number of nitrogens with zero attached hydrogens (tertiary/aromatic N) is 3. The number of carbonyl (C=O) groups excluding carboxylic acids is 1. The van der Waals surface area contributed by atoms with Crippen LogP contribution in [0.3, 0.4) is 0 Å². The SMILES string of the molecule is CNCCCOc1ccc(-c2ccc3nnc(C(=O)NC)c(NC(C)C4CCOCC4)c3c2)cn1. The second kappa shape index (κ2) is 11.9. The summed E-state index contributed by atoms with van der Waals surface area (Å²) in [7, 11) is 3.52. The van der Waals surface area contributed by atoms with Gasteiger partial charge in [0, 0.05) is 49.5 Å². The molecule has 3 aromatic rings. The van der Waals surface area contributed by atoms with Crippen molar-refractivity contribution < 1.29 is 14.3 Å². The van der Waals surface area contributed by atoms with Crippen molar-refractivity contribution in [2.24, 2.45) is 5.92 Å². The molecule has 0 saturated carbocycles. The molecule has 1 aliphatic rings. The van der Waals surface area contributed by atoms with Crippen molar-refractivity contribution in [1.29, 1.82) is 0 Å². The van der Waals surface area contributed by atoms with Crippen LogP contribution in [-0.4, -0.2) is 67.6 Å². The highest BCUT2D eigenvalue weighted by Gasteiger charge is 2.24. The second-order valence-corrected chi connectivity index (χ2v) is 8.81. The highest BCUT2D eigenvalue weighted by Crippen LogP contribution is 2.32. The summed E-state index contributed by atoms with van der Waals surface area (Å²) in [4.78, 5) is 17.1. The molecule has 1 fully saturated rings. The number of amides is 1. The van der Waals surface area contributed by atoms with Crippen molar-refractivity contribution in [2.75, 3.05) is 45.8 Å². The zero-order chi connectivity index (χ0) is 24.6. The summed E-state index contributed by atoms with van der Waals surface area (Å²) in [6, 6.07) is 9.99. The molecule has 9 heteroatoms. The van der Waals surface area contributed by atoms with Crippen molar-refractivity contribution >= 4 is 22.5 Å². The average molecular weight is 479 g/mol. The molecule has 0 radical (unpaired) electrons. The first kappa shape index (κ1) is 24.8. The van der Waals surface area contributed by atoms with E-state index in [2.05, 4.69) is 38.1 Å². The first-order chi connectivity index (χ1) is 17.1. The lowest BCUT2D eigenvalue weighted by Crippen LogP contribution is -2.32. The van der Waals surface area contributed by atoms with E-state index in [1.165, 1.54) is 0 Å². The lowest BCUT2D eigenvalue weighted by molar-refractivity contribution is 0.0622. The number of pyridine rings is 1. The van der Waals surface area contributed by atoms with E-state index in [1.807, 2.05) is 37.4 Å². The Morgan fingerprint density at radius 1 is 1.14 bits per heavy atom. The molecule has 4 rings (SSSR count). The van der Waals surface area contributed by atoms with E-state index in [4.69, 9.17) is 9.47 Å². The molecule has 1 aromatic carbocycles. The number of ether oxygens (including phenoxy) is 2. The summed E-state index contributed by atoms with van der Waals surface area (Å²) in [5, 5.41) is 18.8. The van der Waals surface area contributed by atoms with Gasteiger partial charge in [-0.05, 0) is 69.5 Å². The van der Waals surface area contributed by atoms with Crippen LogP contribution in [0, 0.1) is 5.92 Å². The summed E-state index contributed by atoms with van der Waals surface area (Å²) in [6.45, 7) is 5.20. The van der Waals surface area contributed by atoms with Gasteiger partial charge < -0.3 is 25.4 Å². The highest BCUT2D eigenvalue weighted by molar-refractivity contribution is 6.06. The van der Waals surface area contributed by atoms with Crippen LogP contribution in [-0.2, 0) is 4.74 Å². The summed E-state index contributed by atoms with van der Waals surface area (Å²) in [5.41, 5.74) is 3.65. The Hall–Kier alpha value is -3.30. The first-order valence-corrected chi connectivity index (χ1v) is 12.2. The van der Waals surface area contributed by atoms with Gasteiger partial charge in [0.25, 0.3) is 5.91 Å². The van der Waals surface area contributed by atoms with Crippen LogP contribution in [0.5, 0.6) is 5.88 Å². The third-order valence-electron chi connectivity index (χ3n) is 6.44. The maximum atomic E-state index is 12.7. The molecule has 1 aliphatic heterocycles. The van der Waals surface area contributed by atoms with Crippen molar-refractivity contribution in [3.8, 4) is 17.0 Å². The number of carbonyl (C=O) groups is 1. The number of benzene rings is 1. The number of aromatic nitrogens is 3. The summed E-state index contributed by atoms with van der Waals surface area (Å²) in [6.07, 6.45) is 4.70. The maximum Gasteiger partial charge on any atom is 0.273 e. The van der Waals surface area contributed by atoms with Crippen molar-refractivity contribution in [3.63, 3.8) is 0 Å². The van der Waals surface area contributed by atoms with E-state index >= 15 is 0 Å². The molecule has 3 heterocycles. The first-order valence-electron chi connectivity index (χ1n) is 12.2. The number of nitrogens with one attached hydrogen (secondary N) is 3. The smallest absolute Gasteiger partial charge is 0.273 e. The minimum Gasteiger partial charge on any atom is -0.478 e. The Labute approximate surface area is 206 Å². The van der Waals surface area contributed by atoms with Crippen LogP contribution >= 0.6 is 0 Å². The summed E-state index contributed by atoms with van der Waals surface area (Å²) < 4.78 is 11.2. The topological polar surface area (TPSA) is 110 Å². The van der Waals surface area contributed by atoms with Crippen LogP contribution in [0.2, 0.25) is 0 Å². The summed E-state index contributed by atoms with van der Waals surface area (Å²) >= 11 is 0. The lowest BCUT2D eigenvalue weighted by atomic mass is 9.92. The van der Waals surface area contributed by atoms with E-state index < -0.39 is 0 Å². The molecule has 2 aromatic heterocycles. The van der Waals surface area contributed by atoms with Gasteiger partial charge in [0.15, 0.2) is 5.69 Å². The molecule has 1 saturated heterocycles. The van der Waals surface area contributed by atoms with Crippen LogP contribution in [0.25, 0.3) is 22.0 Å². The zero-order valence-electron chi connectivity index (χ0n) is 20.6. The Balaban J connectivity index is 1.64. The fourth-order valence-corrected chi connectivity index (χ4v) is 4.33. The Morgan fingerprint density at radius 2 is 1.94 bits per heavy atom. The van der Waals surface area contributed by atoms with E-state index in [1.54, 1.807) is 13.2 Å². The zero-order valence-corrected chi connectivity index (χ0v) is 20.6. The van der Waals surface area contributed by atoms with Gasteiger partial charge in [-0.15, -0.1) is 10.2 Å². The Bertz CT molecular complexity index is 1130. The molecular formula is C26H34N6O3. The largest absolute Gasteiger partial charge is 0.478 e. The van der Waals surface area contributed by atoms with Gasteiger partial charge >= 0.3 is 0 Å². The molecule has 186 valence electrons. The molecule has 3 N–H and O–H groups in total. The van der Waals surface area contributed by atoms with Gasteiger partial charge in [-0.3, -0.25) is 4.79 Å². The maximum absolute atomic E-state index is 12.7. The van der Waals surface area contributed by atoms with Crippen LogP contribution in [0.15, 0.2) is 36.5 Å². The third-order valence-corrected chi connectivity index (χ3v) is 6.44. The molecule has 0 bridgehead atoms. The van der Waals surface area contributed by atoms with Crippen molar-refractivity contribution in [1.82, 2.24) is 25.8 Å². The minimum atomic E-state index is -0.270. The predicted octanol–water partition coefficient (Wildman–Crippen LogP) is 3.27. The minimum absolute atomic E-state index is 0.152. The summed E-state index contributed by atoms with van der Waals surface area (Å²) in [5.74, 6) is 0.788. The van der Waals surface area contributed by atoms with Crippen LogP contribution < -0.4 is 20.7 Å². The molecule has 0 aliphatic carbocycles. The standard InChI is InChI=1S/C26H34N6O3/c1-17(18-9-13-34-14-10-18)30-24-21-15-19(5-7-22(21)31-32-25(24)26(33)28-3)20-6-8-23(29-16-20)35-12-4-11-27-2/h5-8,15-18,27H,4,9-14H2,1-3H3,(H,28,33)(H,30,31). The molecule has 1 unspecified atom stereocenters. The average Bonchev–Trinajstić information content (AvgIpc) is 2.91. The third kappa shape index (κ3) is 6.04. The molecule has 9 nitrogen and oxygen atoms in total. The molecular weight excluding hydrogens is 444 g/mol. The van der Waals surface area contributed by atoms with Gasteiger partial charge in [-0.1, -0.05) is 6.07 Å². The number of hydrogen-bond donors (Lipinski definition) is 3. The van der Waals surface area contributed by atoms with E-state index in [0.29, 0.717) is 29.8 Å². The van der Waals surface area contributed by atoms with E-state index in [-0.39, 0.29) is 11.9 Å². The molecule has 1 amide bonds. The van der Waals surface area contributed by atoms with Crippen molar-refractivity contribution in [3.05, 3.63) is 42.2 Å². The van der Waals surface area contributed by atoms with Crippen LogP contribution in [0.1, 0.15) is 36.7 Å². The van der Waals surface area contributed by atoms with Gasteiger partial charge in [0.2, 0.25) is 5.88 Å². The second-order valence-electron chi connectivity index (χ2n) is 8.81. The van der Waals surface area contributed by atoms with Crippen molar-refractivity contribution in [2.45, 2.75) is 32.2 Å². The fourth-order valence-electron chi connectivity index (χ4n) is 4.33. The monoisotopic (exact) mass is 478 g/mol. The Kier molecular flexibility index (Phi) is 8.44. The van der Waals surface area contributed by atoms with Gasteiger partial charge in [0.1, 0.15) is 0 Å². The highest BCUT2D eigenvalue weighted by atomic mass is 16.5. The predicted molar refractivity (Wildman–Crippen MR) is 137 cm³/mol. The normalized spacial score (nSPS) is 15.1. The number of anilines is 1. The lowest BCUT2D eigenvalue weighted by Gasteiger charge is -2.29. The molecule has 35 heavy (non-hydrogen) atoms. The fraction of sp³-hybridized carbons (Fsp3) is 0.462. The number of rotatable bonds is 10. The number of fused-ring (bicyclic) bond motifs is 1. The van der Waals surface area contributed by atoms with Crippen LogP contribution in [0.4, 0.5) is 5.69 Å². The van der Waals surface area contributed by atoms with Gasteiger partial charge in [-0.2, -0.15) is 0 Å². The van der Waals surface area contributed by atoms with Gasteiger partial charge in [0.05, 0.1) is 17.8 Å². The van der Waals surface area contributed by atoms with E-state index in [9.17, 15) is 4.79 Å². The van der Waals surface area contributed by atoms with E-state index in [0.717, 1.165) is 61.1 Å². The Morgan fingerprint density at radius 3 is 2.66 bits per heavy atom. The molecule has 1 atom stereocenters. The molecule has 0 spiro atoms. The quantitative estimate of drug-likeness (QED) is 0.381. The van der Waals surface area contributed by atoms with Gasteiger partial charge in [-0.25, -0.2) is 4.98 Å². The number of hydrogen-bond acceptors (Lipinski definition) is 8.